The van der Waals surface area contributed by atoms with Crippen molar-refractivity contribution >= 4 is 22.6 Å². The number of hydrogen-bond acceptors (Lipinski definition) is 4. The maximum atomic E-state index is 12.6. The van der Waals surface area contributed by atoms with Gasteiger partial charge in [-0.25, -0.2) is 4.79 Å². The largest absolute Gasteiger partial charge is 0.359 e. The number of para-hydroxylation sites is 1. The van der Waals surface area contributed by atoms with E-state index in [4.69, 9.17) is 0 Å². The van der Waals surface area contributed by atoms with Crippen LogP contribution in [0.4, 0.5) is 10.5 Å². The normalized spacial score (nSPS) is 13.8. The SMILES string of the molecule is Cc1cccc2c(=O)c(NC(=O)N3CCn4cnnc4C3)c[nH]c12. The van der Waals surface area contributed by atoms with Crippen LogP contribution in [0.3, 0.4) is 0 Å². The number of aromatic amines is 1. The Morgan fingerprint density at radius 2 is 2.21 bits per heavy atom. The number of hydrogen-bond donors (Lipinski definition) is 2. The molecule has 2 N–H and O–H groups in total. The molecule has 0 radical (unpaired) electrons. The lowest BCUT2D eigenvalue weighted by molar-refractivity contribution is 0.195. The lowest BCUT2D eigenvalue weighted by atomic mass is 10.1. The Balaban J connectivity index is 1.60. The van der Waals surface area contributed by atoms with Gasteiger partial charge >= 0.3 is 6.03 Å². The summed E-state index contributed by atoms with van der Waals surface area (Å²) in [6.07, 6.45) is 3.20. The molecule has 0 saturated heterocycles. The quantitative estimate of drug-likeness (QED) is 0.708. The second kappa shape index (κ2) is 5.48. The smallest absolute Gasteiger partial charge is 0.322 e. The molecule has 0 spiro atoms. The zero-order valence-electron chi connectivity index (χ0n) is 13.1. The average Bonchev–Trinajstić information content (AvgIpc) is 3.05. The van der Waals surface area contributed by atoms with Crippen LogP contribution in [0.15, 0.2) is 35.5 Å². The Kier molecular flexibility index (Phi) is 3.30. The zero-order valence-corrected chi connectivity index (χ0v) is 13.1. The monoisotopic (exact) mass is 324 g/mol. The number of rotatable bonds is 1. The van der Waals surface area contributed by atoms with Gasteiger partial charge in [0, 0.05) is 24.7 Å². The first-order valence-electron chi connectivity index (χ1n) is 7.67. The number of fused-ring (bicyclic) bond motifs is 2. The summed E-state index contributed by atoms with van der Waals surface area (Å²) < 4.78 is 1.91. The molecule has 4 rings (SSSR count). The van der Waals surface area contributed by atoms with E-state index in [1.54, 1.807) is 23.5 Å². The van der Waals surface area contributed by atoms with Crippen molar-refractivity contribution in [3.8, 4) is 0 Å². The minimum atomic E-state index is -0.318. The third-order valence-electron chi connectivity index (χ3n) is 4.29. The summed E-state index contributed by atoms with van der Waals surface area (Å²) >= 11 is 0. The number of H-pyrrole nitrogens is 1. The molecule has 0 saturated carbocycles. The second-order valence-corrected chi connectivity index (χ2v) is 5.82. The molecule has 2 aromatic heterocycles. The van der Waals surface area contributed by atoms with Crippen LogP contribution < -0.4 is 10.7 Å². The molecule has 3 aromatic rings. The number of carbonyl (C=O) groups excluding carboxylic acids is 1. The van der Waals surface area contributed by atoms with Gasteiger partial charge in [0.05, 0.1) is 12.1 Å². The van der Waals surface area contributed by atoms with E-state index in [1.165, 1.54) is 0 Å². The number of aryl methyl sites for hydroxylation is 1. The number of benzene rings is 1. The summed E-state index contributed by atoms with van der Waals surface area (Å²) in [6.45, 7) is 3.49. The highest BCUT2D eigenvalue weighted by molar-refractivity contribution is 5.92. The van der Waals surface area contributed by atoms with Gasteiger partial charge in [-0.2, -0.15) is 0 Å². The van der Waals surface area contributed by atoms with Gasteiger partial charge in [-0.3, -0.25) is 4.79 Å². The molecule has 0 fully saturated rings. The van der Waals surface area contributed by atoms with Crippen molar-refractivity contribution in [2.45, 2.75) is 20.0 Å². The highest BCUT2D eigenvalue weighted by Gasteiger charge is 2.22. The fourth-order valence-electron chi connectivity index (χ4n) is 2.93. The van der Waals surface area contributed by atoms with Gasteiger partial charge in [-0.05, 0) is 18.6 Å². The number of nitrogens with one attached hydrogen (secondary N) is 2. The van der Waals surface area contributed by atoms with Crippen LogP contribution in [0.2, 0.25) is 0 Å². The van der Waals surface area contributed by atoms with Crippen molar-refractivity contribution in [3.05, 3.63) is 52.3 Å². The molecule has 0 bridgehead atoms. The topological polar surface area (TPSA) is 95.9 Å². The fourth-order valence-corrected chi connectivity index (χ4v) is 2.93. The number of carbonyl (C=O) groups is 1. The number of aromatic nitrogens is 4. The third kappa shape index (κ3) is 2.32. The second-order valence-electron chi connectivity index (χ2n) is 5.82. The average molecular weight is 324 g/mol. The molecule has 8 heteroatoms. The summed E-state index contributed by atoms with van der Waals surface area (Å²) in [5.74, 6) is 0.736. The lowest BCUT2D eigenvalue weighted by Crippen LogP contribution is -2.41. The van der Waals surface area contributed by atoms with Crippen molar-refractivity contribution in [2.24, 2.45) is 0 Å². The Bertz CT molecular complexity index is 990. The standard InChI is InChI=1S/C16H16N6O2/c1-10-3-2-4-11-14(10)17-7-12(15(11)23)19-16(24)21-5-6-22-9-18-20-13(22)8-21/h2-4,7,9H,5-6,8H2,1H3,(H,17,23)(H,19,24). The maximum Gasteiger partial charge on any atom is 0.322 e. The number of anilines is 1. The van der Waals surface area contributed by atoms with Gasteiger partial charge < -0.3 is 19.8 Å². The summed E-state index contributed by atoms with van der Waals surface area (Å²) in [6, 6.07) is 5.19. The fraction of sp³-hybridized carbons (Fsp3) is 0.250. The minimum absolute atomic E-state index is 0.194. The third-order valence-corrected chi connectivity index (χ3v) is 4.29. The molecule has 0 aliphatic carbocycles. The number of nitrogens with zero attached hydrogens (tertiary/aromatic N) is 4. The van der Waals surface area contributed by atoms with Gasteiger partial charge in [-0.1, -0.05) is 12.1 Å². The van der Waals surface area contributed by atoms with Gasteiger partial charge in [0.2, 0.25) is 5.43 Å². The Morgan fingerprint density at radius 3 is 3.08 bits per heavy atom. The van der Waals surface area contributed by atoms with Crippen molar-refractivity contribution in [2.75, 3.05) is 11.9 Å². The first kappa shape index (κ1) is 14.4. The predicted octanol–water partition coefficient (Wildman–Crippen LogP) is 1.48. The molecule has 1 aromatic carbocycles. The van der Waals surface area contributed by atoms with E-state index in [-0.39, 0.29) is 17.1 Å². The van der Waals surface area contributed by atoms with Crippen molar-refractivity contribution < 1.29 is 4.79 Å². The van der Waals surface area contributed by atoms with E-state index in [0.717, 1.165) is 16.9 Å². The maximum absolute atomic E-state index is 12.6. The van der Waals surface area contributed by atoms with Crippen LogP contribution in [0.5, 0.6) is 0 Å². The molecule has 122 valence electrons. The summed E-state index contributed by atoms with van der Waals surface area (Å²) in [4.78, 5) is 29.7. The van der Waals surface area contributed by atoms with Crippen molar-refractivity contribution in [1.82, 2.24) is 24.6 Å². The van der Waals surface area contributed by atoms with E-state index in [1.807, 2.05) is 23.6 Å². The van der Waals surface area contributed by atoms with Crippen molar-refractivity contribution in [1.29, 1.82) is 0 Å². The van der Waals surface area contributed by atoms with E-state index in [2.05, 4.69) is 20.5 Å². The predicted molar refractivity (Wildman–Crippen MR) is 88.8 cm³/mol. The van der Waals surface area contributed by atoms with Crippen LogP contribution in [0.1, 0.15) is 11.4 Å². The number of amides is 2. The molecule has 2 amide bonds. The van der Waals surface area contributed by atoms with Gasteiger partial charge in [-0.15, -0.1) is 10.2 Å². The first-order chi connectivity index (χ1) is 11.6. The van der Waals surface area contributed by atoms with Crippen LogP contribution in [0, 0.1) is 6.92 Å². The molecule has 1 aliphatic rings. The lowest BCUT2D eigenvalue weighted by Gasteiger charge is -2.27. The van der Waals surface area contributed by atoms with Crippen LogP contribution >= 0.6 is 0 Å². The molecule has 0 atom stereocenters. The number of urea groups is 1. The summed E-state index contributed by atoms with van der Waals surface area (Å²) in [5.41, 5.74) is 1.82. The minimum Gasteiger partial charge on any atom is -0.359 e. The molecular formula is C16H16N6O2. The van der Waals surface area contributed by atoms with Crippen molar-refractivity contribution in [3.63, 3.8) is 0 Å². The van der Waals surface area contributed by atoms with E-state index < -0.39 is 0 Å². The molecule has 8 nitrogen and oxygen atoms in total. The van der Waals surface area contributed by atoms with Crippen LogP contribution in [-0.2, 0) is 13.1 Å². The van der Waals surface area contributed by atoms with Crippen LogP contribution in [0.25, 0.3) is 10.9 Å². The highest BCUT2D eigenvalue weighted by atomic mass is 16.2. The van der Waals surface area contributed by atoms with Crippen LogP contribution in [-0.4, -0.2) is 37.2 Å². The zero-order chi connectivity index (χ0) is 16.7. The molecular weight excluding hydrogens is 308 g/mol. The molecule has 0 unspecified atom stereocenters. The highest BCUT2D eigenvalue weighted by Crippen LogP contribution is 2.15. The number of pyridine rings is 1. The van der Waals surface area contributed by atoms with Gasteiger partial charge in [0.1, 0.15) is 12.0 Å². The van der Waals surface area contributed by atoms with Gasteiger partial charge in [0.25, 0.3) is 0 Å². The van der Waals surface area contributed by atoms with Gasteiger partial charge in [0.15, 0.2) is 5.82 Å². The molecule has 24 heavy (non-hydrogen) atoms. The summed E-state index contributed by atoms with van der Waals surface area (Å²) in [7, 11) is 0. The van der Waals surface area contributed by atoms with E-state index in [9.17, 15) is 9.59 Å². The van der Waals surface area contributed by atoms with E-state index in [0.29, 0.717) is 25.0 Å². The Hall–Kier alpha value is -3.16. The summed E-state index contributed by atoms with van der Waals surface area (Å²) in [5, 5.41) is 11.1. The Labute approximate surface area is 137 Å². The first-order valence-corrected chi connectivity index (χ1v) is 7.67. The molecule has 3 heterocycles. The Morgan fingerprint density at radius 1 is 1.33 bits per heavy atom. The molecule has 1 aliphatic heterocycles. The van der Waals surface area contributed by atoms with E-state index >= 15 is 0 Å².